The third-order valence-corrected chi connectivity index (χ3v) is 3.82. The maximum absolute atomic E-state index is 14.2. The molecule has 0 amide bonds. The Morgan fingerprint density at radius 3 is 2.89 bits per heavy atom. The van der Waals surface area contributed by atoms with Gasteiger partial charge < -0.3 is 10.6 Å². The Morgan fingerprint density at radius 2 is 2.26 bits per heavy atom. The Kier molecular flexibility index (Phi) is 4.40. The lowest BCUT2D eigenvalue weighted by Gasteiger charge is -2.37. The molecule has 0 saturated carbocycles. The van der Waals surface area contributed by atoms with Gasteiger partial charge >= 0.3 is 0 Å². The average molecular weight is 263 g/mol. The molecule has 4 heteroatoms. The first-order chi connectivity index (χ1) is 9.13. The van der Waals surface area contributed by atoms with Crippen molar-refractivity contribution in [3.63, 3.8) is 0 Å². The van der Waals surface area contributed by atoms with E-state index in [1.807, 2.05) is 0 Å². The van der Waals surface area contributed by atoms with E-state index in [0.717, 1.165) is 32.2 Å². The van der Waals surface area contributed by atoms with Crippen molar-refractivity contribution < 1.29 is 4.39 Å². The highest BCUT2D eigenvalue weighted by Crippen LogP contribution is 2.29. The fraction of sp³-hybridized carbons (Fsp3) is 0.533. The van der Waals surface area contributed by atoms with Crippen molar-refractivity contribution in [1.29, 1.82) is 5.41 Å². The van der Waals surface area contributed by atoms with Gasteiger partial charge in [0.15, 0.2) is 0 Å². The monoisotopic (exact) mass is 263 g/mol. The van der Waals surface area contributed by atoms with Crippen LogP contribution in [0.4, 0.5) is 10.1 Å². The van der Waals surface area contributed by atoms with E-state index < -0.39 is 0 Å². The second-order valence-corrected chi connectivity index (χ2v) is 5.21. The summed E-state index contributed by atoms with van der Waals surface area (Å²) in [4.78, 5) is 2.19. The molecule has 104 valence electrons. The summed E-state index contributed by atoms with van der Waals surface area (Å²) >= 11 is 0. The molecular weight excluding hydrogens is 241 g/mol. The number of nitrogen functional groups attached to an aromatic ring is 1. The van der Waals surface area contributed by atoms with Gasteiger partial charge in [0, 0.05) is 18.2 Å². The van der Waals surface area contributed by atoms with Gasteiger partial charge in [0.2, 0.25) is 0 Å². The van der Waals surface area contributed by atoms with E-state index >= 15 is 0 Å². The summed E-state index contributed by atoms with van der Waals surface area (Å²) in [5.74, 6) is -0.357. The summed E-state index contributed by atoms with van der Waals surface area (Å²) in [5.41, 5.74) is 6.49. The van der Waals surface area contributed by atoms with Crippen LogP contribution < -0.4 is 10.6 Å². The lowest BCUT2D eigenvalue weighted by molar-refractivity contribution is 0.429. The van der Waals surface area contributed by atoms with Gasteiger partial charge in [0.1, 0.15) is 11.7 Å². The van der Waals surface area contributed by atoms with Gasteiger partial charge in [-0.1, -0.05) is 13.3 Å². The maximum atomic E-state index is 14.2. The molecule has 1 saturated heterocycles. The Bertz CT molecular complexity index is 457. The largest absolute Gasteiger partial charge is 0.384 e. The van der Waals surface area contributed by atoms with Gasteiger partial charge in [-0.25, -0.2) is 4.39 Å². The molecule has 1 aromatic carbocycles. The number of amidine groups is 1. The van der Waals surface area contributed by atoms with Crippen molar-refractivity contribution in [2.45, 2.75) is 45.1 Å². The fourth-order valence-electron chi connectivity index (χ4n) is 2.86. The van der Waals surface area contributed by atoms with E-state index in [-0.39, 0.29) is 11.7 Å². The first kappa shape index (κ1) is 13.8. The standard InChI is InChI=1S/C15H22FN3/c1-2-5-12-6-3-4-9-19(12)14-8-7-11(15(17)18)10-13(14)16/h7-8,10,12H,2-6,9H2,1H3,(H3,17,18). The summed E-state index contributed by atoms with van der Waals surface area (Å²) in [6.45, 7) is 3.09. The number of halogens is 1. The van der Waals surface area contributed by atoms with Crippen LogP contribution in [0.5, 0.6) is 0 Å². The van der Waals surface area contributed by atoms with Gasteiger partial charge in [-0.05, 0) is 43.9 Å². The third-order valence-electron chi connectivity index (χ3n) is 3.82. The Morgan fingerprint density at radius 1 is 1.47 bits per heavy atom. The number of hydrogen-bond acceptors (Lipinski definition) is 2. The predicted molar refractivity (Wildman–Crippen MR) is 77.3 cm³/mol. The fourth-order valence-corrected chi connectivity index (χ4v) is 2.86. The van der Waals surface area contributed by atoms with E-state index in [4.69, 9.17) is 11.1 Å². The Hall–Kier alpha value is -1.58. The van der Waals surface area contributed by atoms with Crippen LogP contribution >= 0.6 is 0 Å². The van der Waals surface area contributed by atoms with Crippen molar-refractivity contribution in [1.82, 2.24) is 0 Å². The molecule has 19 heavy (non-hydrogen) atoms. The van der Waals surface area contributed by atoms with E-state index in [1.165, 1.54) is 12.5 Å². The van der Waals surface area contributed by atoms with Crippen molar-refractivity contribution in [2.24, 2.45) is 5.73 Å². The summed E-state index contributed by atoms with van der Waals surface area (Å²) in [6, 6.07) is 5.31. The van der Waals surface area contributed by atoms with Crippen LogP contribution in [0.15, 0.2) is 18.2 Å². The number of nitrogens with one attached hydrogen (secondary N) is 1. The van der Waals surface area contributed by atoms with E-state index in [0.29, 0.717) is 17.3 Å². The zero-order chi connectivity index (χ0) is 13.8. The van der Waals surface area contributed by atoms with Gasteiger partial charge in [-0.3, -0.25) is 5.41 Å². The Labute approximate surface area is 114 Å². The van der Waals surface area contributed by atoms with Crippen molar-refractivity contribution in [2.75, 3.05) is 11.4 Å². The molecule has 1 heterocycles. The minimum Gasteiger partial charge on any atom is -0.384 e. The van der Waals surface area contributed by atoms with Crippen molar-refractivity contribution in [3.8, 4) is 0 Å². The third kappa shape index (κ3) is 3.06. The number of rotatable bonds is 4. The number of nitrogens with zero attached hydrogens (tertiary/aromatic N) is 1. The van der Waals surface area contributed by atoms with Crippen LogP contribution in [0.2, 0.25) is 0 Å². The first-order valence-corrected chi connectivity index (χ1v) is 7.04. The minimum absolute atomic E-state index is 0.0887. The van der Waals surface area contributed by atoms with Gasteiger partial charge in [-0.2, -0.15) is 0 Å². The lowest BCUT2D eigenvalue weighted by Crippen LogP contribution is -2.40. The quantitative estimate of drug-likeness (QED) is 0.647. The zero-order valence-corrected chi connectivity index (χ0v) is 11.5. The van der Waals surface area contributed by atoms with Crippen LogP contribution in [0.25, 0.3) is 0 Å². The number of hydrogen-bond donors (Lipinski definition) is 2. The predicted octanol–water partition coefficient (Wildman–Crippen LogP) is 3.27. The maximum Gasteiger partial charge on any atom is 0.147 e. The van der Waals surface area contributed by atoms with E-state index in [2.05, 4.69) is 11.8 Å². The summed E-state index contributed by atoms with van der Waals surface area (Å²) in [7, 11) is 0. The molecule has 0 aliphatic carbocycles. The molecule has 2 rings (SSSR count). The first-order valence-electron chi connectivity index (χ1n) is 7.04. The molecule has 1 fully saturated rings. The molecule has 0 aromatic heterocycles. The molecule has 1 unspecified atom stereocenters. The summed E-state index contributed by atoms with van der Waals surface area (Å²) < 4.78 is 14.2. The molecule has 1 atom stereocenters. The highest BCUT2D eigenvalue weighted by atomic mass is 19.1. The highest BCUT2D eigenvalue weighted by Gasteiger charge is 2.24. The normalized spacial score (nSPS) is 19.5. The number of nitrogens with two attached hydrogens (primary N) is 1. The second-order valence-electron chi connectivity index (χ2n) is 5.21. The zero-order valence-electron chi connectivity index (χ0n) is 11.5. The van der Waals surface area contributed by atoms with Crippen LogP contribution in [0.1, 0.15) is 44.6 Å². The van der Waals surface area contributed by atoms with Crippen LogP contribution in [-0.2, 0) is 0 Å². The van der Waals surface area contributed by atoms with Gasteiger partial charge in [0.05, 0.1) is 5.69 Å². The van der Waals surface area contributed by atoms with Gasteiger partial charge in [-0.15, -0.1) is 0 Å². The number of piperidine rings is 1. The molecule has 1 aliphatic heterocycles. The van der Waals surface area contributed by atoms with Crippen LogP contribution in [0, 0.1) is 11.2 Å². The smallest absolute Gasteiger partial charge is 0.147 e. The van der Waals surface area contributed by atoms with E-state index in [1.54, 1.807) is 12.1 Å². The number of benzene rings is 1. The van der Waals surface area contributed by atoms with E-state index in [9.17, 15) is 4.39 Å². The second kappa shape index (κ2) is 6.04. The molecule has 3 nitrogen and oxygen atoms in total. The van der Waals surface area contributed by atoms with Crippen molar-refractivity contribution in [3.05, 3.63) is 29.6 Å². The van der Waals surface area contributed by atoms with Crippen molar-refractivity contribution >= 4 is 11.5 Å². The molecule has 1 aliphatic rings. The number of anilines is 1. The summed E-state index contributed by atoms with van der Waals surface area (Å²) in [5, 5.41) is 7.35. The van der Waals surface area contributed by atoms with Gasteiger partial charge in [0.25, 0.3) is 0 Å². The summed E-state index contributed by atoms with van der Waals surface area (Å²) in [6.07, 6.45) is 5.71. The molecular formula is C15H22FN3. The van der Waals surface area contributed by atoms with Crippen LogP contribution in [0.3, 0.4) is 0 Å². The average Bonchev–Trinajstić information content (AvgIpc) is 2.40. The SMILES string of the molecule is CCCC1CCCCN1c1ccc(C(=N)N)cc1F. The Balaban J connectivity index is 2.26. The molecule has 1 aromatic rings. The molecule has 0 radical (unpaired) electrons. The molecule has 0 spiro atoms. The lowest BCUT2D eigenvalue weighted by atomic mass is 9.97. The minimum atomic E-state index is -0.268. The molecule has 3 N–H and O–H groups in total. The van der Waals surface area contributed by atoms with Crippen LogP contribution in [-0.4, -0.2) is 18.4 Å². The highest BCUT2D eigenvalue weighted by molar-refractivity contribution is 5.95. The molecule has 0 bridgehead atoms. The topological polar surface area (TPSA) is 53.1 Å².